The summed E-state index contributed by atoms with van der Waals surface area (Å²) < 4.78 is 5.54. The van der Waals surface area contributed by atoms with E-state index in [0.29, 0.717) is 27.1 Å². The SMILES string of the molecule is CN1C(=O)/C(=N\c2nnc(-c3ccc(Cl)cc3)o2)c2cc(Cl)ccc21. The minimum absolute atomic E-state index is 0.00507. The maximum absolute atomic E-state index is 12.4. The van der Waals surface area contributed by atoms with E-state index in [-0.39, 0.29) is 17.6 Å². The molecule has 8 heteroatoms. The van der Waals surface area contributed by atoms with Crippen LogP contribution in [0.5, 0.6) is 0 Å². The number of benzene rings is 2. The Morgan fingerprint density at radius 1 is 1.04 bits per heavy atom. The molecule has 3 aromatic rings. The lowest BCUT2D eigenvalue weighted by atomic mass is 10.1. The third-order valence-corrected chi connectivity index (χ3v) is 4.28. The van der Waals surface area contributed by atoms with E-state index in [0.717, 1.165) is 5.69 Å². The largest absolute Gasteiger partial charge is 0.402 e. The summed E-state index contributed by atoms with van der Waals surface area (Å²) in [5, 5.41) is 8.97. The molecule has 124 valence electrons. The molecule has 1 aliphatic heterocycles. The van der Waals surface area contributed by atoms with Crippen molar-refractivity contribution in [2.24, 2.45) is 4.99 Å². The summed E-state index contributed by atoms with van der Waals surface area (Å²) in [6, 6.07) is 12.1. The van der Waals surface area contributed by atoms with Crippen LogP contribution in [0.15, 0.2) is 51.9 Å². The van der Waals surface area contributed by atoms with Gasteiger partial charge in [0.2, 0.25) is 5.89 Å². The average Bonchev–Trinajstić information content (AvgIpc) is 3.15. The number of halogens is 2. The minimum Gasteiger partial charge on any atom is -0.402 e. The Labute approximate surface area is 152 Å². The number of fused-ring (bicyclic) bond motifs is 1. The first kappa shape index (κ1) is 15.8. The summed E-state index contributed by atoms with van der Waals surface area (Å²) in [7, 11) is 1.67. The number of aliphatic imine (C=N–C) groups is 1. The van der Waals surface area contributed by atoms with E-state index in [1.165, 1.54) is 4.90 Å². The van der Waals surface area contributed by atoms with Crippen molar-refractivity contribution in [1.82, 2.24) is 10.2 Å². The van der Waals surface area contributed by atoms with Crippen LogP contribution < -0.4 is 4.90 Å². The number of hydrogen-bond acceptors (Lipinski definition) is 5. The normalized spacial score (nSPS) is 15.1. The Balaban J connectivity index is 1.74. The Morgan fingerprint density at radius 2 is 1.76 bits per heavy atom. The first-order chi connectivity index (χ1) is 12.0. The fraction of sp³-hybridized carbons (Fsp3) is 0.0588. The molecule has 0 aliphatic carbocycles. The average molecular weight is 373 g/mol. The van der Waals surface area contributed by atoms with Crippen molar-refractivity contribution in [2.45, 2.75) is 0 Å². The molecule has 2 aromatic carbocycles. The molecule has 0 saturated carbocycles. The molecule has 0 unspecified atom stereocenters. The van der Waals surface area contributed by atoms with Crippen molar-refractivity contribution in [3.8, 4) is 11.5 Å². The molecule has 1 aliphatic rings. The zero-order chi connectivity index (χ0) is 17.6. The third-order valence-electron chi connectivity index (χ3n) is 3.80. The van der Waals surface area contributed by atoms with Gasteiger partial charge in [-0.2, -0.15) is 4.99 Å². The van der Waals surface area contributed by atoms with E-state index in [1.807, 2.05) is 0 Å². The van der Waals surface area contributed by atoms with E-state index in [1.54, 1.807) is 49.5 Å². The van der Waals surface area contributed by atoms with Crippen molar-refractivity contribution in [1.29, 1.82) is 0 Å². The molecule has 6 nitrogen and oxygen atoms in total. The summed E-state index contributed by atoms with van der Waals surface area (Å²) >= 11 is 11.9. The summed E-state index contributed by atoms with van der Waals surface area (Å²) in [6.07, 6.45) is 0. The Hall–Kier alpha value is -2.70. The van der Waals surface area contributed by atoms with Crippen LogP contribution in [0.25, 0.3) is 11.5 Å². The molecule has 0 atom stereocenters. The number of aromatic nitrogens is 2. The fourth-order valence-corrected chi connectivity index (χ4v) is 2.85. The van der Waals surface area contributed by atoms with Crippen molar-refractivity contribution in [3.05, 3.63) is 58.1 Å². The predicted molar refractivity (Wildman–Crippen MR) is 95.8 cm³/mol. The van der Waals surface area contributed by atoms with Gasteiger partial charge in [-0.1, -0.05) is 28.3 Å². The van der Waals surface area contributed by atoms with Gasteiger partial charge < -0.3 is 9.32 Å². The standard InChI is InChI=1S/C17H10Cl2N4O2/c1-23-13-7-6-11(19)8-12(13)14(16(23)24)20-17-22-21-15(25-17)9-2-4-10(18)5-3-9/h2-8H,1H3/b20-14-. The molecule has 25 heavy (non-hydrogen) atoms. The number of amides is 1. The van der Waals surface area contributed by atoms with E-state index >= 15 is 0 Å². The highest BCUT2D eigenvalue weighted by atomic mass is 35.5. The van der Waals surface area contributed by atoms with Crippen LogP contribution in [0.2, 0.25) is 10.0 Å². The molecular weight excluding hydrogens is 363 g/mol. The van der Waals surface area contributed by atoms with Gasteiger partial charge in [0.1, 0.15) is 5.71 Å². The van der Waals surface area contributed by atoms with E-state index in [4.69, 9.17) is 27.6 Å². The lowest BCUT2D eigenvalue weighted by Crippen LogP contribution is -2.25. The lowest BCUT2D eigenvalue weighted by molar-refractivity contribution is -0.111. The number of rotatable bonds is 2. The van der Waals surface area contributed by atoms with Gasteiger partial charge >= 0.3 is 6.01 Å². The zero-order valence-electron chi connectivity index (χ0n) is 12.9. The monoisotopic (exact) mass is 372 g/mol. The number of likely N-dealkylation sites (N-methyl/N-ethyl adjacent to an activating group) is 1. The van der Waals surface area contributed by atoms with Gasteiger partial charge in [-0.15, -0.1) is 5.10 Å². The lowest BCUT2D eigenvalue weighted by Gasteiger charge is -2.07. The first-order valence-corrected chi connectivity index (χ1v) is 8.04. The molecule has 0 fully saturated rings. The smallest absolute Gasteiger partial charge is 0.343 e. The number of hydrogen-bond donors (Lipinski definition) is 0. The van der Waals surface area contributed by atoms with Crippen LogP contribution in [0, 0.1) is 0 Å². The van der Waals surface area contributed by atoms with Gasteiger partial charge in [-0.3, -0.25) is 4.79 Å². The van der Waals surface area contributed by atoms with Crippen molar-refractivity contribution >= 4 is 46.5 Å². The van der Waals surface area contributed by atoms with Gasteiger partial charge in [0, 0.05) is 28.2 Å². The second-order valence-corrected chi connectivity index (χ2v) is 6.26. The minimum atomic E-state index is -0.261. The molecule has 0 N–H and O–H groups in total. The molecule has 0 bridgehead atoms. The topological polar surface area (TPSA) is 71.6 Å². The van der Waals surface area contributed by atoms with Crippen molar-refractivity contribution in [2.75, 3.05) is 11.9 Å². The summed E-state index contributed by atoms with van der Waals surface area (Å²) in [5.41, 5.74) is 2.28. The van der Waals surface area contributed by atoms with Crippen molar-refractivity contribution < 1.29 is 9.21 Å². The van der Waals surface area contributed by atoms with Gasteiger partial charge in [0.05, 0.1) is 5.69 Å². The highest BCUT2D eigenvalue weighted by Crippen LogP contribution is 2.32. The highest BCUT2D eigenvalue weighted by molar-refractivity contribution is 6.54. The summed E-state index contributed by atoms with van der Waals surface area (Å²) in [5.74, 6) is 0.0321. The van der Waals surface area contributed by atoms with Crippen LogP contribution in [-0.4, -0.2) is 28.9 Å². The van der Waals surface area contributed by atoms with E-state index < -0.39 is 0 Å². The molecule has 0 radical (unpaired) electrons. The van der Waals surface area contributed by atoms with Gasteiger partial charge in [-0.25, -0.2) is 0 Å². The zero-order valence-corrected chi connectivity index (χ0v) is 14.4. The summed E-state index contributed by atoms with van der Waals surface area (Å²) in [6.45, 7) is 0. The van der Waals surface area contributed by atoms with E-state index in [2.05, 4.69) is 15.2 Å². The number of carbonyl (C=O) groups is 1. The van der Waals surface area contributed by atoms with Crippen LogP contribution in [-0.2, 0) is 4.79 Å². The quantitative estimate of drug-likeness (QED) is 0.677. The second-order valence-electron chi connectivity index (χ2n) is 5.38. The molecular formula is C17H10Cl2N4O2. The second kappa shape index (κ2) is 5.98. The van der Waals surface area contributed by atoms with Crippen LogP contribution in [0.1, 0.15) is 5.56 Å². The van der Waals surface area contributed by atoms with Gasteiger partial charge in [0.25, 0.3) is 5.91 Å². The highest BCUT2D eigenvalue weighted by Gasteiger charge is 2.32. The number of anilines is 1. The predicted octanol–water partition coefficient (Wildman–Crippen LogP) is 4.14. The summed E-state index contributed by atoms with van der Waals surface area (Å²) in [4.78, 5) is 18.2. The van der Waals surface area contributed by atoms with Crippen LogP contribution >= 0.6 is 23.2 Å². The van der Waals surface area contributed by atoms with Crippen LogP contribution in [0.4, 0.5) is 11.7 Å². The van der Waals surface area contributed by atoms with Gasteiger partial charge in [-0.05, 0) is 42.5 Å². The molecule has 0 spiro atoms. The third kappa shape index (κ3) is 2.79. The molecule has 1 amide bonds. The van der Waals surface area contributed by atoms with Crippen molar-refractivity contribution in [3.63, 3.8) is 0 Å². The molecule has 4 rings (SSSR count). The number of nitrogens with zero attached hydrogens (tertiary/aromatic N) is 4. The van der Waals surface area contributed by atoms with Gasteiger partial charge in [0.15, 0.2) is 0 Å². The maximum Gasteiger partial charge on any atom is 0.343 e. The van der Waals surface area contributed by atoms with E-state index in [9.17, 15) is 4.79 Å². The fourth-order valence-electron chi connectivity index (χ4n) is 2.55. The Kier molecular flexibility index (Phi) is 3.78. The Bertz CT molecular complexity index is 1010. The molecule has 2 heterocycles. The Morgan fingerprint density at radius 3 is 2.52 bits per heavy atom. The van der Waals surface area contributed by atoms with Crippen LogP contribution in [0.3, 0.4) is 0 Å². The maximum atomic E-state index is 12.4. The first-order valence-electron chi connectivity index (χ1n) is 7.29. The molecule has 1 aromatic heterocycles. The molecule has 0 saturated heterocycles. The number of carbonyl (C=O) groups excluding carboxylic acids is 1.